The fourth-order valence-corrected chi connectivity index (χ4v) is 1.67. The number of benzene rings is 1. The van der Waals surface area contributed by atoms with Crippen molar-refractivity contribution in [1.82, 2.24) is 10.6 Å². The maximum absolute atomic E-state index is 11.6. The Hall–Kier alpha value is -2.47. The molecule has 6 nitrogen and oxygen atoms in total. The number of hydrogen-bond acceptors (Lipinski definition) is 4. The lowest BCUT2D eigenvalue weighted by atomic mass is 10.3. The van der Waals surface area contributed by atoms with Gasteiger partial charge in [-0.3, -0.25) is 10.1 Å². The smallest absolute Gasteiger partial charge is 0.321 e. The van der Waals surface area contributed by atoms with E-state index in [-0.39, 0.29) is 13.1 Å². The average molecular weight is 308 g/mol. The van der Waals surface area contributed by atoms with Crippen molar-refractivity contribution in [3.8, 4) is 0 Å². The van der Waals surface area contributed by atoms with Crippen LogP contribution in [0.1, 0.15) is 5.76 Å². The van der Waals surface area contributed by atoms with E-state index in [1.807, 2.05) is 0 Å². The largest absolute Gasteiger partial charge is 0.467 e. The van der Waals surface area contributed by atoms with Gasteiger partial charge in [0.05, 0.1) is 19.4 Å². The molecule has 0 fully saturated rings. The number of rotatable bonds is 5. The summed E-state index contributed by atoms with van der Waals surface area (Å²) in [7, 11) is 0. The molecule has 0 saturated carbocycles. The first-order valence-corrected chi connectivity index (χ1v) is 6.61. The molecule has 0 aliphatic rings. The van der Waals surface area contributed by atoms with Crippen LogP contribution in [0.3, 0.4) is 0 Å². The van der Waals surface area contributed by atoms with E-state index in [0.717, 1.165) is 5.69 Å². The quantitative estimate of drug-likeness (QED) is 0.792. The van der Waals surface area contributed by atoms with Gasteiger partial charge in [-0.15, -0.1) is 0 Å². The van der Waals surface area contributed by atoms with E-state index in [1.165, 1.54) is 6.26 Å². The van der Waals surface area contributed by atoms with Gasteiger partial charge < -0.3 is 15.1 Å². The molecule has 0 aliphatic carbocycles. The van der Waals surface area contributed by atoms with Crippen molar-refractivity contribution in [1.29, 1.82) is 0 Å². The summed E-state index contributed by atoms with van der Waals surface area (Å²) in [6, 6.07) is 9.77. The zero-order chi connectivity index (χ0) is 15.1. The third kappa shape index (κ3) is 5.19. The van der Waals surface area contributed by atoms with E-state index in [1.54, 1.807) is 36.4 Å². The second kappa shape index (κ2) is 7.35. The van der Waals surface area contributed by atoms with Gasteiger partial charge in [0.1, 0.15) is 5.76 Å². The molecule has 110 valence electrons. The molecule has 0 bridgehead atoms. The van der Waals surface area contributed by atoms with Crippen LogP contribution in [-0.2, 0) is 11.3 Å². The van der Waals surface area contributed by atoms with Crippen LogP contribution in [-0.4, -0.2) is 18.5 Å². The van der Waals surface area contributed by atoms with Crippen molar-refractivity contribution >= 4 is 29.2 Å². The van der Waals surface area contributed by atoms with E-state index in [2.05, 4.69) is 16.0 Å². The number of hydrogen-bond donors (Lipinski definition) is 3. The molecule has 0 aliphatic heterocycles. The molecule has 21 heavy (non-hydrogen) atoms. The van der Waals surface area contributed by atoms with Crippen LogP contribution in [0.5, 0.6) is 0 Å². The molecule has 2 rings (SSSR count). The third-order valence-corrected chi connectivity index (χ3v) is 2.81. The summed E-state index contributed by atoms with van der Waals surface area (Å²) in [6.07, 6.45) is 1.51. The molecule has 1 heterocycles. The van der Waals surface area contributed by atoms with Gasteiger partial charge in [-0.1, -0.05) is 11.6 Å². The predicted octanol–water partition coefficient (Wildman–Crippen LogP) is 2.37. The first kappa shape index (κ1) is 14.9. The molecule has 2 aromatic rings. The molecule has 7 heteroatoms. The van der Waals surface area contributed by atoms with Crippen LogP contribution < -0.4 is 16.0 Å². The Bertz CT molecular complexity index is 596. The minimum atomic E-state index is -0.575. The molecule has 0 unspecified atom stereocenters. The van der Waals surface area contributed by atoms with E-state index < -0.39 is 11.9 Å². The van der Waals surface area contributed by atoms with Crippen LogP contribution >= 0.6 is 11.6 Å². The Balaban J connectivity index is 1.68. The SMILES string of the molecule is O=C(CNc1ccc(Cl)cc1)NC(=O)NCc1ccco1. The lowest BCUT2D eigenvalue weighted by molar-refractivity contribution is -0.118. The highest BCUT2D eigenvalue weighted by atomic mass is 35.5. The van der Waals surface area contributed by atoms with Gasteiger partial charge in [0.2, 0.25) is 5.91 Å². The molecule has 0 spiro atoms. The standard InChI is InChI=1S/C14H14ClN3O3/c15-10-3-5-11(6-4-10)16-9-13(19)18-14(20)17-8-12-2-1-7-21-12/h1-7,16H,8-9H2,(H2,17,18,19,20). The first-order chi connectivity index (χ1) is 10.1. The highest BCUT2D eigenvalue weighted by Crippen LogP contribution is 2.12. The molecule has 1 aromatic carbocycles. The maximum Gasteiger partial charge on any atom is 0.321 e. The molecule has 0 saturated heterocycles. The van der Waals surface area contributed by atoms with Crippen molar-refractivity contribution in [2.45, 2.75) is 6.54 Å². The first-order valence-electron chi connectivity index (χ1n) is 6.23. The van der Waals surface area contributed by atoms with Crippen LogP contribution in [0, 0.1) is 0 Å². The van der Waals surface area contributed by atoms with Crippen LogP contribution in [0.25, 0.3) is 0 Å². The molecular weight excluding hydrogens is 294 g/mol. The molecule has 3 N–H and O–H groups in total. The Morgan fingerprint density at radius 1 is 1.14 bits per heavy atom. The third-order valence-electron chi connectivity index (χ3n) is 2.55. The van der Waals surface area contributed by atoms with Crippen molar-refractivity contribution in [3.63, 3.8) is 0 Å². The van der Waals surface area contributed by atoms with Crippen molar-refractivity contribution in [3.05, 3.63) is 53.4 Å². The lowest BCUT2D eigenvalue weighted by Gasteiger charge is -2.07. The topological polar surface area (TPSA) is 83.4 Å². The van der Waals surface area contributed by atoms with E-state index in [0.29, 0.717) is 10.8 Å². The Kier molecular flexibility index (Phi) is 5.22. The number of carbonyl (C=O) groups is 2. The van der Waals surface area contributed by atoms with Gasteiger partial charge in [-0.25, -0.2) is 4.79 Å². The normalized spacial score (nSPS) is 9.95. The number of nitrogens with one attached hydrogen (secondary N) is 3. The number of carbonyl (C=O) groups excluding carboxylic acids is 2. The summed E-state index contributed by atoms with van der Waals surface area (Å²) in [4.78, 5) is 23.0. The van der Waals surface area contributed by atoms with E-state index >= 15 is 0 Å². The summed E-state index contributed by atoms with van der Waals surface area (Å²) < 4.78 is 5.05. The number of halogens is 1. The molecule has 0 radical (unpaired) electrons. The highest BCUT2D eigenvalue weighted by molar-refractivity contribution is 6.30. The molecule has 1 aromatic heterocycles. The van der Waals surface area contributed by atoms with Gasteiger partial charge in [-0.2, -0.15) is 0 Å². The minimum Gasteiger partial charge on any atom is -0.467 e. The van der Waals surface area contributed by atoms with Crippen LogP contribution in [0.4, 0.5) is 10.5 Å². The Labute approximate surface area is 126 Å². The van der Waals surface area contributed by atoms with E-state index in [9.17, 15) is 9.59 Å². The fourth-order valence-electron chi connectivity index (χ4n) is 1.55. The number of furan rings is 1. The number of amides is 3. The number of urea groups is 1. The Morgan fingerprint density at radius 2 is 1.90 bits per heavy atom. The summed E-state index contributed by atoms with van der Waals surface area (Å²) in [5.74, 6) is 0.166. The van der Waals surface area contributed by atoms with Crippen molar-refractivity contribution in [2.75, 3.05) is 11.9 Å². The van der Waals surface area contributed by atoms with Gasteiger partial charge in [0.25, 0.3) is 0 Å². The van der Waals surface area contributed by atoms with Gasteiger partial charge >= 0.3 is 6.03 Å². The average Bonchev–Trinajstić information content (AvgIpc) is 2.98. The summed E-state index contributed by atoms with van der Waals surface area (Å²) in [6.45, 7) is 0.201. The summed E-state index contributed by atoms with van der Waals surface area (Å²) >= 11 is 5.75. The zero-order valence-corrected chi connectivity index (χ0v) is 11.8. The summed E-state index contributed by atoms with van der Waals surface area (Å²) in [5.41, 5.74) is 0.741. The second-order valence-corrected chi connectivity index (χ2v) is 4.61. The lowest BCUT2D eigenvalue weighted by Crippen LogP contribution is -2.41. The minimum absolute atomic E-state index is 0.0181. The monoisotopic (exact) mass is 307 g/mol. The number of imide groups is 1. The second-order valence-electron chi connectivity index (χ2n) is 4.17. The molecule has 0 atom stereocenters. The van der Waals surface area contributed by atoms with Gasteiger partial charge in [0.15, 0.2) is 0 Å². The van der Waals surface area contributed by atoms with E-state index in [4.69, 9.17) is 16.0 Å². The Morgan fingerprint density at radius 3 is 2.57 bits per heavy atom. The van der Waals surface area contributed by atoms with Gasteiger partial charge in [0, 0.05) is 10.7 Å². The maximum atomic E-state index is 11.6. The predicted molar refractivity (Wildman–Crippen MR) is 79.0 cm³/mol. The zero-order valence-electron chi connectivity index (χ0n) is 11.1. The highest BCUT2D eigenvalue weighted by Gasteiger charge is 2.07. The summed E-state index contributed by atoms with van der Waals surface area (Å²) in [5, 5.41) is 8.21. The molecular formula is C14H14ClN3O3. The fraction of sp³-hybridized carbons (Fsp3) is 0.143. The van der Waals surface area contributed by atoms with Crippen LogP contribution in [0.15, 0.2) is 47.1 Å². The van der Waals surface area contributed by atoms with Gasteiger partial charge in [-0.05, 0) is 36.4 Å². The molecule has 3 amide bonds. The van der Waals surface area contributed by atoms with Crippen molar-refractivity contribution in [2.24, 2.45) is 0 Å². The van der Waals surface area contributed by atoms with Crippen molar-refractivity contribution < 1.29 is 14.0 Å². The number of anilines is 1. The van der Waals surface area contributed by atoms with Crippen LogP contribution in [0.2, 0.25) is 5.02 Å².